The summed E-state index contributed by atoms with van der Waals surface area (Å²) in [6.45, 7) is 8.57. The van der Waals surface area contributed by atoms with Gasteiger partial charge in [-0.05, 0) is 49.2 Å². The number of nitrogens with zero attached hydrogens (tertiary/aromatic N) is 2. The predicted octanol–water partition coefficient (Wildman–Crippen LogP) is 2.39. The Morgan fingerprint density at radius 1 is 1.09 bits per heavy atom. The largest absolute Gasteiger partial charge is 0.494 e. The van der Waals surface area contributed by atoms with Crippen molar-refractivity contribution in [1.82, 2.24) is 10.2 Å². The van der Waals surface area contributed by atoms with Gasteiger partial charge >= 0.3 is 0 Å². The number of morpholine rings is 1. The van der Waals surface area contributed by atoms with Gasteiger partial charge in [0.25, 0.3) is 0 Å². The predicted molar refractivity (Wildman–Crippen MR) is 129 cm³/mol. The first-order valence-electron chi connectivity index (χ1n) is 11.2. The number of nitrogens with one attached hydrogen (secondary N) is 1. The molecule has 1 fully saturated rings. The van der Waals surface area contributed by atoms with Crippen molar-refractivity contribution in [2.24, 2.45) is 0 Å². The van der Waals surface area contributed by atoms with Crippen LogP contribution in [0.5, 0.6) is 5.75 Å². The minimum atomic E-state index is -3.67. The van der Waals surface area contributed by atoms with Crippen molar-refractivity contribution in [2.75, 3.05) is 43.5 Å². The van der Waals surface area contributed by atoms with Crippen molar-refractivity contribution < 1.29 is 22.7 Å². The Labute approximate surface area is 196 Å². The summed E-state index contributed by atoms with van der Waals surface area (Å²) < 4.78 is 36.9. The van der Waals surface area contributed by atoms with E-state index in [0.29, 0.717) is 24.6 Å². The van der Waals surface area contributed by atoms with Gasteiger partial charge in [-0.3, -0.25) is 14.0 Å². The van der Waals surface area contributed by atoms with Gasteiger partial charge in [0, 0.05) is 26.2 Å². The molecule has 2 aromatic rings. The molecule has 1 aliphatic rings. The quantitative estimate of drug-likeness (QED) is 0.568. The zero-order valence-electron chi connectivity index (χ0n) is 19.5. The molecule has 0 unspecified atom stereocenters. The molecule has 1 aliphatic heterocycles. The minimum Gasteiger partial charge on any atom is -0.494 e. The van der Waals surface area contributed by atoms with Crippen LogP contribution in [-0.2, 0) is 32.6 Å². The zero-order valence-corrected chi connectivity index (χ0v) is 20.3. The molecule has 1 amide bonds. The fourth-order valence-electron chi connectivity index (χ4n) is 3.78. The van der Waals surface area contributed by atoms with Crippen LogP contribution >= 0.6 is 0 Å². The number of ether oxygens (including phenoxy) is 2. The molecule has 1 saturated heterocycles. The van der Waals surface area contributed by atoms with Gasteiger partial charge in [-0.25, -0.2) is 8.42 Å². The number of hydrogen-bond donors (Lipinski definition) is 1. The highest BCUT2D eigenvalue weighted by Gasteiger charge is 2.29. The molecule has 1 heterocycles. The third-order valence-electron chi connectivity index (χ3n) is 5.49. The highest BCUT2D eigenvalue weighted by atomic mass is 32.2. The van der Waals surface area contributed by atoms with Gasteiger partial charge in [0.1, 0.15) is 11.8 Å². The number of benzene rings is 2. The lowest BCUT2D eigenvalue weighted by Crippen LogP contribution is -2.47. The molecule has 0 aliphatic carbocycles. The van der Waals surface area contributed by atoms with Gasteiger partial charge < -0.3 is 14.8 Å². The highest BCUT2D eigenvalue weighted by Crippen LogP contribution is 2.24. The van der Waals surface area contributed by atoms with E-state index in [-0.39, 0.29) is 5.91 Å². The summed E-state index contributed by atoms with van der Waals surface area (Å²) in [6.07, 6.45) is 1.10. The average Bonchev–Trinajstić information content (AvgIpc) is 2.79. The molecular formula is C24H33N3O5S. The highest BCUT2D eigenvalue weighted by molar-refractivity contribution is 7.92. The third-order valence-corrected chi connectivity index (χ3v) is 6.73. The summed E-state index contributed by atoms with van der Waals surface area (Å²) in [5.41, 5.74) is 2.57. The van der Waals surface area contributed by atoms with Crippen LogP contribution in [-0.4, -0.2) is 64.4 Å². The summed E-state index contributed by atoms with van der Waals surface area (Å²) in [6, 6.07) is 13.9. The van der Waals surface area contributed by atoms with Crippen LogP contribution in [0.1, 0.15) is 25.0 Å². The van der Waals surface area contributed by atoms with Gasteiger partial charge in [0.15, 0.2) is 0 Å². The monoisotopic (exact) mass is 475 g/mol. The molecule has 0 radical (unpaired) electrons. The van der Waals surface area contributed by atoms with Gasteiger partial charge in [-0.2, -0.15) is 0 Å². The van der Waals surface area contributed by atoms with Crippen molar-refractivity contribution in [1.29, 1.82) is 0 Å². The van der Waals surface area contributed by atoms with Crippen molar-refractivity contribution >= 4 is 21.6 Å². The Morgan fingerprint density at radius 3 is 2.27 bits per heavy atom. The maximum atomic E-state index is 12.8. The molecule has 33 heavy (non-hydrogen) atoms. The first-order chi connectivity index (χ1) is 15.8. The van der Waals surface area contributed by atoms with Crippen LogP contribution in [0.25, 0.3) is 0 Å². The van der Waals surface area contributed by atoms with Crippen molar-refractivity contribution in [3.8, 4) is 5.75 Å². The molecule has 0 saturated carbocycles. The number of amides is 1. The van der Waals surface area contributed by atoms with E-state index >= 15 is 0 Å². The van der Waals surface area contributed by atoms with E-state index in [2.05, 4.69) is 22.3 Å². The van der Waals surface area contributed by atoms with E-state index in [4.69, 9.17) is 9.47 Å². The van der Waals surface area contributed by atoms with Gasteiger partial charge in [-0.15, -0.1) is 0 Å². The Bertz CT molecular complexity index is 1000. The molecular weight excluding hydrogens is 442 g/mol. The fraction of sp³-hybridized carbons (Fsp3) is 0.458. The number of carbonyl (C=O) groups excluding carboxylic acids is 1. The molecule has 8 nitrogen and oxygen atoms in total. The normalized spacial score (nSPS) is 15.6. The lowest BCUT2D eigenvalue weighted by Gasteiger charge is -2.28. The Balaban J connectivity index is 1.60. The summed E-state index contributed by atoms with van der Waals surface area (Å²) in [5, 5.41) is 2.86. The number of rotatable bonds is 10. The van der Waals surface area contributed by atoms with Gasteiger partial charge in [0.2, 0.25) is 15.9 Å². The number of carbonyl (C=O) groups is 1. The van der Waals surface area contributed by atoms with E-state index in [1.807, 2.05) is 19.1 Å². The number of anilines is 1. The number of sulfonamides is 1. The van der Waals surface area contributed by atoms with Crippen molar-refractivity contribution in [3.05, 3.63) is 59.7 Å². The van der Waals surface area contributed by atoms with Crippen molar-refractivity contribution in [2.45, 2.75) is 33.0 Å². The summed E-state index contributed by atoms with van der Waals surface area (Å²) in [4.78, 5) is 15.2. The second-order valence-corrected chi connectivity index (χ2v) is 9.94. The van der Waals surface area contributed by atoms with Gasteiger partial charge in [-0.1, -0.05) is 24.3 Å². The summed E-state index contributed by atoms with van der Waals surface area (Å²) >= 11 is 0. The third kappa shape index (κ3) is 7.18. The maximum absolute atomic E-state index is 12.8. The Kier molecular flexibility index (Phi) is 8.71. The van der Waals surface area contributed by atoms with E-state index in [0.717, 1.165) is 49.0 Å². The second kappa shape index (κ2) is 11.5. The van der Waals surface area contributed by atoms with E-state index in [9.17, 15) is 13.2 Å². The zero-order chi connectivity index (χ0) is 23.8. The topological polar surface area (TPSA) is 88.2 Å². The van der Waals surface area contributed by atoms with E-state index in [1.54, 1.807) is 31.2 Å². The lowest BCUT2D eigenvalue weighted by molar-refractivity contribution is -0.122. The summed E-state index contributed by atoms with van der Waals surface area (Å²) in [7, 11) is -3.67. The standard InChI is InChI=1S/C24H33N3O5S/c1-4-32-23-11-9-22(10-12-23)27(33(3,29)30)19(2)24(28)25-17-20-5-7-21(8-6-20)18-26-13-15-31-16-14-26/h5-12,19H,4,13-18H2,1-3H3,(H,25,28)/t19-/m0/s1. The van der Waals surface area contributed by atoms with Crippen molar-refractivity contribution in [3.63, 3.8) is 0 Å². The smallest absolute Gasteiger partial charge is 0.243 e. The molecule has 0 spiro atoms. The molecule has 0 aromatic heterocycles. The second-order valence-electron chi connectivity index (χ2n) is 8.08. The molecule has 3 rings (SSSR count). The fourth-order valence-corrected chi connectivity index (χ4v) is 4.96. The first-order valence-corrected chi connectivity index (χ1v) is 13.0. The van der Waals surface area contributed by atoms with Crippen LogP contribution in [0, 0.1) is 0 Å². The average molecular weight is 476 g/mol. The number of hydrogen-bond acceptors (Lipinski definition) is 6. The first kappa shape index (κ1) is 25.0. The Hall–Kier alpha value is -2.62. The van der Waals surface area contributed by atoms with Crippen LogP contribution in [0.15, 0.2) is 48.5 Å². The molecule has 180 valence electrons. The van der Waals surface area contributed by atoms with Crippen LogP contribution < -0.4 is 14.4 Å². The SMILES string of the molecule is CCOc1ccc(N([C@@H](C)C(=O)NCc2ccc(CN3CCOCC3)cc2)S(C)(=O)=O)cc1. The van der Waals surface area contributed by atoms with E-state index < -0.39 is 16.1 Å². The minimum absolute atomic E-state index is 0.321. The Morgan fingerprint density at radius 2 is 1.70 bits per heavy atom. The van der Waals surface area contributed by atoms with Crippen LogP contribution in [0.4, 0.5) is 5.69 Å². The van der Waals surface area contributed by atoms with E-state index in [1.165, 1.54) is 5.56 Å². The van der Waals surface area contributed by atoms with Crippen LogP contribution in [0.3, 0.4) is 0 Å². The molecule has 0 bridgehead atoms. The molecule has 1 N–H and O–H groups in total. The summed E-state index contributed by atoms with van der Waals surface area (Å²) in [5.74, 6) is 0.274. The molecule has 1 atom stereocenters. The lowest BCUT2D eigenvalue weighted by atomic mass is 10.1. The molecule has 9 heteroatoms. The molecule has 2 aromatic carbocycles. The van der Waals surface area contributed by atoms with Gasteiger partial charge in [0.05, 0.1) is 31.8 Å². The van der Waals surface area contributed by atoms with Crippen LogP contribution in [0.2, 0.25) is 0 Å². The maximum Gasteiger partial charge on any atom is 0.243 e.